The molecule has 1 aromatic carbocycles. The minimum atomic E-state index is -0.333. The van der Waals surface area contributed by atoms with Gasteiger partial charge in [-0.2, -0.15) is 5.21 Å². The number of H-pyrrole nitrogens is 1. The van der Waals surface area contributed by atoms with Gasteiger partial charge in [-0.25, -0.2) is 0 Å². The van der Waals surface area contributed by atoms with Crippen LogP contribution >= 0.6 is 15.9 Å². The summed E-state index contributed by atoms with van der Waals surface area (Å²) >= 11 is 3.28. The summed E-state index contributed by atoms with van der Waals surface area (Å²) in [5.74, 6) is -0.273. The maximum absolute atomic E-state index is 11.7. The van der Waals surface area contributed by atoms with Crippen molar-refractivity contribution in [3.63, 3.8) is 0 Å². The first-order valence-electron chi connectivity index (χ1n) is 5.68. The predicted molar refractivity (Wildman–Crippen MR) is 72.5 cm³/mol. The van der Waals surface area contributed by atoms with E-state index in [0.29, 0.717) is 11.4 Å². The molecule has 3 N–H and O–H groups in total. The summed E-state index contributed by atoms with van der Waals surface area (Å²) < 4.78 is 0.881. The molecule has 0 bridgehead atoms. The Kier molecular flexibility index (Phi) is 4.77. The van der Waals surface area contributed by atoms with Crippen LogP contribution in [-0.2, 0) is 11.3 Å². The molecule has 1 aromatic heterocycles. The summed E-state index contributed by atoms with van der Waals surface area (Å²) in [7, 11) is 0. The number of carbonyl (C=O) groups is 2. The van der Waals surface area contributed by atoms with Gasteiger partial charge in [0.2, 0.25) is 5.91 Å². The molecule has 0 saturated carbocycles. The smallest absolute Gasteiger partial charge is 0.251 e. The lowest BCUT2D eigenvalue weighted by Gasteiger charge is -2.05. The molecule has 0 aliphatic carbocycles. The van der Waals surface area contributed by atoms with Crippen molar-refractivity contribution in [3.05, 3.63) is 40.1 Å². The standard InChI is InChI=1S/C11H11BrN6O2/c12-8-3-1-7(2-4-8)11(20)14-6-10(19)13-5-9-15-17-18-16-9/h1-4H,5-6H2,(H,13,19)(H,14,20)(H,15,16,17,18). The van der Waals surface area contributed by atoms with Crippen molar-refractivity contribution in [1.82, 2.24) is 31.3 Å². The van der Waals surface area contributed by atoms with Crippen molar-refractivity contribution in [2.75, 3.05) is 6.54 Å². The van der Waals surface area contributed by atoms with Gasteiger partial charge in [-0.3, -0.25) is 9.59 Å². The number of benzene rings is 1. The fraction of sp³-hybridized carbons (Fsp3) is 0.182. The second kappa shape index (κ2) is 6.75. The maximum Gasteiger partial charge on any atom is 0.251 e. The van der Waals surface area contributed by atoms with Gasteiger partial charge in [-0.05, 0) is 24.3 Å². The van der Waals surface area contributed by atoms with Gasteiger partial charge in [0.25, 0.3) is 5.91 Å². The van der Waals surface area contributed by atoms with E-state index in [1.54, 1.807) is 24.3 Å². The number of nitrogens with zero attached hydrogens (tertiary/aromatic N) is 3. The number of rotatable bonds is 5. The zero-order valence-electron chi connectivity index (χ0n) is 10.3. The molecule has 0 saturated heterocycles. The number of aromatic amines is 1. The number of tetrazole rings is 1. The molecular weight excluding hydrogens is 328 g/mol. The SMILES string of the molecule is O=C(CNC(=O)c1ccc(Br)cc1)NCc1nn[nH]n1. The van der Waals surface area contributed by atoms with E-state index in [1.165, 1.54) is 0 Å². The first-order chi connectivity index (χ1) is 9.65. The van der Waals surface area contributed by atoms with Gasteiger partial charge in [-0.1, -0.05) is 21.1 Å². The van der Waals surface area contributed by atoms with E-state index in [1.807, 2.05) is 0 Å². The third-order valence-corrected chi connectivity index (χ3v) is 2.88. The van der Waals surface area contributed by atoms with E-state index in [9.17, 15) is 9.59 Å². The van der Waals surface area contributed by atoms with Gasteiger partial charge in [0.05, 0.1) is 13.1 Å². The van der Waals surface area contributed by atoms with Crippen LogP contribution in [0.4, 0.5) is 0 Å². The average Bonchev–Trinajstić information content (AvgIpc) is 2.96. The van der Waals surface area contributed by atoms with E-state index in [-0.39, 0.29) is 24.9 Å². The molecular formula is C11H11BrN6O2. The minimum absolute atomic E-state index is 0.118. The Morgan fingerprint density at radius 3 is 2.60 bits per heavy atom. The third kappa shape index (κ3) is 4.12. The van der Waals surface area contributed by atoms with Crippen LogP contribution in [0.15, 0.2) is 28.7 Å². The van der Waals surface area contributed by atoms with Crippen molar-refractivity contribution < 1.29 is 9.59 Å². The number of halogens is 1. The summed E-state index contributed by atoms with van der Waals surface area (Å²) in [6.45, 7) is 0.0379. The van der Waals surface area contributed by atoms with E-state index < -0.39 is 0 Å². The zero-order valence-corrected chi connectivity index (χ0v) is 11.8. The summed E-state index contributed by atoms with van der Waals surface area (Å²) in [5, 5.41) is 18.1. The van der Waals surface area contributed by atoms with Crippen LogP contribution in [0, 0.1) is 0 Å². The fourth-order valence-electron chi connectivity index (χ4n) is 1.36. The molecule has 2 rings (SSSR count). The van der Waals surface area contributed by atoms with Gasteiger partial charge in [0.15, 0.2) is 5.82 Å². The minimum Gasteiger partial charge on any atom is -0.347 e. The highest BCUT2D eigenvalue weighted by Crippen LogP contribution is 2.10. The lowest BCUT2D eigenvalue weighted by Crippen LogP contribution is -2.36. The Morgan fingerprint density at radius 2 is 1.95 bits per heavy atom. The number of amides is 2. The monoisotopic (exact) mass is 338 g/mol. The molecule has 9 heteroatoms. The molecule has 0 atom stereocenters. The number of carbonyl (C=O) groups excluding carboxylic acids is 2. The number of nitrogens with one attached hydrogen (secondary N) is 3. The fourth-order valence-corrected chi connectivity index (χ4v) is 1.63. The molecule has 2 aromatic rings. The van der Waals surface area contributed by atoms with Crippen molar-refractivity contribution in [2.45, 2.75) is 6.54 Å². The number of hydrogen-bond acceptors (Lipinski definition) is 5. The third-order valence-electron chi connectivity index (χ3n) is 2.35. The van der Waals surface area contributed by atoms with Gasteiger partial charge in [0, 0.05) is 10.0 Å². The number of aromatic nitrogens is 4. The van der Waals surface area contributed by atoms with Gasteiger partial charge >= 0.3 is 0 Å². The molecule has 0 spiro atoms. The number of hydrogen-bond donors (Lipinski definition) is 3. The molecule has 1 heterocycles. The van der Waals surface area contributed by atoms with Crippen LogP contribution in [0.5, 0.6) is 0 Å². The molecule has 0 radical (unpaired) electrons. The molecule has 0 unspecified atom stereocenters. The molecule has 20 heavy (non-hydrogen) atoms. The second-order valence-corrected chi connectivity index (χ2v) is 4.71. The topological polar surface area (TPSA) is 113 Å². The summed E-state index contributed by atoms with van der Waals surface area (Å²) in [6.07, 6.45) is 0. The lowest BCUT2D eigenvalue weighted by atomic mass is 10.2. The predicted octanol–water partition coefficient (Wildman–Crippen LogP) is 0.00840. The summed E-state index contributed by atoms with van der Waals surface area (Å²) in [4.78, 5) is 23.3. The van der Waals surface area contributed by atoms with Crippen molar-refractivity contribution in [3.8, 4) is 0 Å². The highest BCUT2D eigenvalue weighted by Gasteiger charge is 2.08. The van der Waals surface area contributed by atoms with Crippen LogP contribution in [0.3, 0.4) is 0 Å². The van der Waals surface area contributed by atoms with Crippen molar-refractivity contribution >= 4 is 27.7 Å². The Balaban J connectivity index is 1.75. The molecule has 0 aliphatic rings. The Labute approximate surface area is 122 Å². The van der Waals surface area contributed by atoms with Crippen LogP contribution in [-0.4, -0.2) is 39.0 Å². The van der Waals surface area contributed by atoms with E-state index in [2.05, 4.69) is 47.2 Å². The second-order valence-electron chi connectivity index (χ2n) is 3.79. The Morgan fingerprint density at radius 1 is 1.20 bits per heavy atom. The molecule has 0 fully saturated rings. The van der Waals surface area contributed by atoms with Gasteiger partial charge in [-0.15, -0.1) is 10.2 Å². The average molecular weight is 339 g/mol. The van der Waals surface area contributed by atoms with Crippen molar-refractivity contribution in [1.29, 1.82) is 0 Å². The molecule has 8 nitrogen and oxygen atoms in total. The summed E-state index contributed by atoms with van der Waals surface area (Å²) in [5.41, 5.74) is 0.485. The first kappa shape index (κ1) is 14.1. The highest BCUT2D eigenvalue weighted by atomic mass is 79.9. The molecule has 0 aliphatic heterocycles. The maximum atomic E-state index is 11.7. The normalized spacial score (nSPS) is 10.1. The Hall–Kier alpha value is -2.29. The Bertz CT molecular complexity index is 583. The van der Waals surface area contributed by atoms with Gasteiger partial charge < -0.3 is 10.6 Å². The molecule has 2 amide bonds. The largest absolute Gasteiger partial charge is 0.347 e. The van der Waals surface area contributed by atoms with Crippen molar-refractivity contribution in [2.24, 2.45) is 0 Å². The van der Waals surface area contributed by atoms with Crippen LogP contribution in [0.1, 0.15) is 16.2 Å². The quantitative estimate of drug-likeness (QED) is 0.710. The van der Waals surface area contributed by atoms with E-state index in [4.69, 9.17) is 0 Å². The van der Waals surface area contributed by atoms with Crippen LogP contribution < -0.4 is 10.6 Å². The molecule has 104 valence electrons. The zero-order chi connectivity index (χ0) is 14.4. The van der Waals surface area contributed by atoms with Crippen LogP contribution in [0.2, 0.25) is 0 Å². The lowest BCUT2D eigenvalue weighted by molar-refractivity contribution is -0.120. The van der Waals surface area contributed by atoms with Crippen LogP contribution in [0.25, 0.3) is 0 Å². The first-order valence-corrected chi connectivity index (χ1v) is 6.47. The summed E-state index contributed by atoms with van der Waals surface area (Å²) in [6, 6.07) is 6.84. The van der Waals surface area contributed by atoms with E-state index >= 15 is 0 Å². The highest BCUT2D eigenvalue weighted by molar-refractivity contribution is 9.10. The van der Waals surface area contributed by atoms with Gasteiger partial charge in [0.1, 0.15) is 0 Å². The van der Waals surface area contributed by atoms with E-state index in [0.717, 1.165) is 4.47 Å².